The Bertz CT molecular complexity index is 678. The van der Waals surface area contributed by atoms with Gasteiger partial charge in [0, 0.05) is 18.3 Å². The van der Waals surface area contributed by atoms with Crippen molar-refractivity contribution in [3.05, 3.63) is 54.1 Å². The van der Waals surface area contributed by atoms with Crippen LogP contribution < -0.4 is 5.32 Å². The van der Waals surface area contributed by atoms with Crippen molar-refractivity contribution in [2.24, 2.45) is 5.92 Å². The maximum Gasteiger partial charge on any atom is 0.224 e. The van der Waals surface area contributed by atoms with Gasteiger partial charge in [-0.1, -0.05) is 49.9 Å². The van der Waals surface area contributed by atoms with Crippen LogP contribution in [0, 0.1) is 11.9 Å². The van der Waals surface area contributed by atoms with Gasteiger partial charge in [-0.2, -0.15) is 4.39 Å². The summed E-state index contributed by atoms with van der Waals surface area (Å²) < 4.78 is 13.7. The summed E-state index contributed by atoms with van der Waals surface area (Å²) in [5.74, 6) is 0.363. The van der Waals surface area contributed by atoms with Gasteiger partial charge in [0.2, 0.25) is 11.9 Å². The van der Waals surface area contributed by atoms with Crippen LogP contribution in [0.25, 0.3) is 11.1 Å². The highest BCUT2D eigenvalue weighted by molar-refractivity contribution is 5.78. The molecule has 3 nitrogen and oxygen atoms in total. The summed E-state index contributed by atoms with van der Waals surface area (Å²) in [4.78, 5) is 15.7. The van der Waals surface area contributed by atoms with Crippen molar-refractivity contribution in [3.8, 4) is 11.1 Å². The van der Waals surface area contributed by atoms with Crippen LogP contribution in [0.1, 0.15) is 37.7 Å². The van der Waals surface area contributed by atoms with Crippen molar-refractivity contribution in [3.63, 3.8) is 0 Å². The molecule has 0 bridgehead atoms. The lowest BCUT2D eigenvalue weighted by molar-refractivity contribution is -0.120. The minimum Gasteiger partial charge on any atom is -0.356 e. The molecule has 126 valence electrons. The number of amides is 1. The molecule has 1 aromatic carbocycles. The molecule has 0 aliphatic heterocycles. The molecule has 1 aliphatic carbocycles. The molecule has 0 spiro atoms. The van der Waals surface area contributed by atoms with Crippen molar-refractivity contribution in [1.82, 2.24) is 10.3 Å². The van der Waals surface area contributed by atoms with Gasteiger partial charge in [-0.25, -0.2) is 4.98 Å². The molecule has 2 aromatic rings. The van der Waals surface area contributed by atoms with E-state index < -0.39 is 5.95 Å². The summed E-state index contributed by atoms with van der Waals surface area (Å²) in [5.41, 5.74) is 2.18. The predicted molar refractivity (Wildman–Crippen MR) is 92.9 cm³/mol. The molecule has 1 aromatic heterocycles. The smallest absolute Gasteiger partial charge is 0.224 e. The normalized spacial score (nSPS) is 14.7. The van der Waals surface area contributed by atoms with Crippen molar-refractivity contribution < 1.29 is 9.18 Å². The second-order valence-electron chi connectivity index (χ2n) is 6.50. The first-order valence-corrected chi connectivity index (χ1v) is 8.69. The van der Waals surface area contributed by atoms with Crippen molar-refractivity contribution in [2.45, 2.75) is 38.5 Å². The molecule has 0 unspecified atom stereocenters. The number of aromatic nitrogens is 1. The zero-order valence-corrected chi connectivity index (χ0v) is 13.8. The fourth-order valence-electron chi connectivity index (χ4n) is 3.37. The molecule has 0 atom stereocenters. The topological polar surface area (TPSA) is 42.0 Å². The van der Waals surface area contributed by atoms with Crippen LogP contribution in [0.4, 0.5) is 4.39 Å². The first kappa shape index (κ1) is 16.6. The van der Waals surface area contributed by atoms with Crippen LogP contribution >= 0.6 is 0 Å². The highest BCUT2D eigenvalue weighted by Crippen LogP contribution is 2.27. The van der Waals surface area contributed by atoms with E-state index >= 15 is 0 Å². The van der Waals surface area contributed by atoms with Gasteiger partial charge >= 0.3 is 0 Å². The Kier molecular flexibility index (Phi) is 5.57. The summed E-state index contributed by atoms with van der Waals surface area (Å²) in [6.45, 7) is 0.766. The van der Waals surface area contributed by atoms with Crippen molar-refractivity contribution >= 4 is 5.91 Å². The van der Waals surface area contributed by atoms with E-state index in [0.717, 1.165) is 30.0 Å². The Balaban J connectivity index is 1.50. The molecule has 1 heterocycles. The molecular formula is C20H23FN2O. The molecule has 1 N–H and O–H groups in total. The Hall–Kier alpha value is -2.23. The molecular weight excluding hydrogens is 303 g/mol. The van der Waals surface area contributed by atoms with Gasteiger partial charge in [0.25, 0.3) is 0 Å². The summed E-state index contributed by atoms with van der Waals surface area (Å²) in [5, 5.41) is 3.00. The van der Waals surface area contributed by atoms with Gasteiger partial charge in [-0.3, -0.25) is 4.79 Å². The number of rotatable bonds is 6. The Morgan fingerprint density at radius 3 is 2.62 bits per heavy atom. The zero-order valence-electron chi connectivity index (χ0n) is 13.8. The van der Waals surface area contributed by atoms with E-state index in [9.17, 15) is 9.18 Å². The summed E-state index contributed by atoms with van der Waals surface area (Å²) in [6.07, 6.45) is 8.17. The average Bonchev–Trinajstić information content (AvgIpc) is 3.10. The van der Waals surface area contributed by atoms with Gasteiger partial charge in [-0.15, -0.1) is 0 Å². The summed E-state index contributed by atoms with van der Waals surface area (Å²) in [7, 11) is 0. The van der Waals surface area contributed by atoms with Crippen molar-refractivity contribution in [1.29, 1.82) is 0 Å². The minimum absolute atomic E-state index is 0.0494. The molecule has 24 heavy (non-hydrogen) atoms. The fourth-order valence-corrected chi connectivity index (χ4v) is 3.37. The molecule has 1 saturated carbocycles. The summed E-state index contributed by atoms with van der Waals surface area (Å²) >= 11 is 0. The molecule has 3 rings (SSSR count). The highest BCUT2D eigenvalue weighted by Gasteiger charge is 2.14. The zero-order chi connectivity index (χ0) is 16.8. The fraction of sp³-hybridized carbons (Fsp3) is 0.400. The molecule has 4 heteroatoms. The number of nitrogens with zero attached hydrogens (tertiary/aromatic N) is 1. The number of hydrogen-bond acceptors (Lipinski definition) is 2. The Labute approximate surface area is 142 Å². The first-order valence-electron chi connectivity index (χ1n) is 8.69. The lowest BCUT2D eigenvalue weighted by atomic mass is 10.0. The third-order valence-corrected chi connectivity index (χ3v) is 4.74. The summed E-state index contributed by atoms with van der Waals surface area (Å²) in [6, 6.07) is 10.8. The van der Waals surface area contributed by atoms with Gasteiger partial charge < -0.3 is 5.32 Å². The van der Waals surface area contributed by atoms with E-state index in [1.807, 2.05) is 24.3 Å². The molecule has 1 fully saturated rings. The van der Waals surface area contributed by atoms with Crippen LogP contribution in [0.2, 0.25) is 0 Å². The lowest BCUT2D eigenvalue weighted by Crippen LogP contribution is -2.27. The average molecular weight is 326 g/mol. The van der Waals surface area contributed by atoms with Crippen LogP contribution in [0.3, 0.4) is 0 Å². The highest BCUT2D eigenvalue weighted by atomic mass is 19.1. The van der Waals surface area contributed by atoms with Crippen LogP contribution in [-0.2, 0) is 11.2 Å². The van der Waals surface area contributed by atoms with Crippen LogP contribution in [0.15, 0.2) is 42.6 Å². The maximum absolute atomic E-state index is 13.7. The second-order valence-corrected chi connectivity index (χ2v) is 6.50. The number of benzene rings is 1. The molecule has 1 aliphatic rings. The predicted octanol–water partition coefficient (Wildman–Crippen LogP) is 4.13. The van der Waals surface area contributed by atoms with Gasteiger partial charge in [0.05, 0.1) is 6.42 Å². The van der Waals surface area contributed by atoms with E-state index in [1.165, 1.54) is 31.9 Å². The Morgan fingerprint density at radius 2 is 1.92 bits per heavy atom. The van der Waals surface area contributed by atoms with Gasteiger partial charge in [0.15, 0.2) is 0 Å². The SMILES string of the molecule is O=C(Cc1ccc(-c2cccnc2F)cc1)NCCC1CCCC1. The number of nitrogens with one attached hydrogen (secondary N) is 1. The van der Waals surface area contributed by atoms with E-state index in [-0.39, 0.29) is 5.91 Å². The van der Waals surface area contributed by atoms with Crippen molar-refractivity contribution in [2.75, 3.05) is 6.54 Å². The molecule has 0 radical (unpaired) electrons. The first-order chi connectivity index (χ1) is 11.7. The molecule has 1 amide bonds. The minimum atomic E-state index is -0.477. The largest absolute Gasteiger partial charge is 0.356 e. The lowest BCUT2D eigenvalue weighted by Gasteiger charge is -2.10. The second kappa shape index (κ2) is 8.04. The quantitative estimate of drug-likeness (QED) is 0.811. The number of hydrogen-bond donors (Lipinski definition) is 1. The van der Waals surface area contributed by atoms with E-state index in [0.29, 0.717) is 12.0 Å². The monoisotopic (exact) mass is 326 g/mol. The van der Waals surface area contributed by atoms with Crippen LogP contribution in [-0.4, -0.2) is 17.4 Å². The molecule has 0 saturated heterocycles. The Morgan fingerprint density at radius 1 is 1.17 bits per heavy atom. The van der Waals surface area contributed by atoms with E-state index in [1.54, 1.807) is 12.1 Å². The third-order valence-electron chi connectivity index (χ3n) is 4.74. The number of pyridine rings is 1. The van der Waals surface area contributed by atoms with E-state index in [4.69, 9.17) is 0 Å². The van der Waals surface area contributed by atoms with Gasteiger partial charge in [0.1, 0.15) is 0 Å². The number of halogens is 1. The van der Waals surface area contributed by atoms with E-state index in [2.05, 4.69) is 10.3 Å². The number of carbonyl (C=O) groups excluding carboxylic acids is 1. The van der Waals surface area contributed by atoms with Crippen LogP contribution in [0.5, 0.6) is 0 Å². The third kappa shape index (κ3) is 4.40. The maximum atomic E-state index is 13.7. The standard InChI is InChI=1S/C20H23FN2O/c21-20-18(6-3-12-23-20)17-9-7-16(8-10-17)14-19(24)22-13-11-15-4-1-2-5-15/h3,6-10,12,15H,1-2,4-5,11,13-14H2,(H,22,24). The van der Waals surface area contributed by atoms with Gasteiger partial charge in [-0.05, 0) is 35.6 Å². The number of carbonyl (C=O) groups is 1.